The van der Waals surface area contributed by atoms with E-state index in [4.69, 9.17) is 0 Å². The van der Waals surface area contributed by atoms with Crippen LogP contribution in [0.15, 0.2) is 0 Å². The Hall–Kier alpha value is 0. The minimum absolute atomic E-state index is 0.821. The summed E-state index contributed by atoms with van der Waals surface area (Å²) in [7, 11) is 0. The first-order valence-electron chi connectivity index (χ1n) is 9.25. The summed E-state index contributed by atoms with van der Waals surface area (Å²) in [6.45, 7) is 19.6. The van der Waals surface area contributed by atoms with Crippen molar-refractivity contribution in [2.24, 2.45) is 47.3 Å². The van der Waals surface area contributed by atoms with Crippen LogP contribution in [0.1, 0.15) is 81.1 Å². The first-order valence-corrected chi connectivity index (χ1v) is 9.25. The van der Waals surface area contributed by atoms with Crippen molar-refractivity contribution < 1.29 is 0 Å². The van der Waals surface area contributed by atoms with Gasteiger partial charge in [0.1, 0.15) is 0 Å². The van der Waals surface area contributed by atoms with Gasteiger partial charge in [-0.25, -0.2) is 0 Å². The zero-order chi connectivity index (χ0) is 15.4. The Bertz CT molecular complexity index is 255. The van der Waals surface area contributed by atoms with Crippen LogP contribution in [0.3, 0.4) is 0 Å². The fraction of sp³-hybridized carbons (Fsp3) is 1.00. The van der Waals surface area contributed by atoms with Crippen LogP contribution in [0.2, 0.25) is 0 Å². The van der Waals surface area contributed by atoms with E-state index in [1.54, 1.807) is 0 Å². The smallest absolute Gasteiger partial charge is 0.0342 e. The van der Waals surface area contributed by atoms with E-state index in [0.29, 0.717) is 0 Å². The van der Waals surface area contributed by atoms with Gasteiger partial charge in [0, 0.05) is 0 Å². The number of hydrogen-bond donors (Lipinski definition) is 0. The number of hydrogen-bond acceptors (Lipinski definition) is 0. The molecule has 0 aromatic carbocycles. The Balaban J connectivity index is 2.62. The molecule has 0 aromatic rings. The maximum absolute atomic E-state index is 2.54. The summed E-state index contributed by atoms with van der Waals surface area (Å²) in [5.74, 6) is 7.19. The lowest BCUT2D eigenvalue weighted by atomic mass is 9.70. The molecule has 0 N–H and O–H groups in total. The van der Waals surface area contributed by atoms with E-state index in [1.807, 2.05) is 0 Å². The van der Waals surface area contributed by atoms with Crippen LogP contribution in [0.5, 0.6) is 0 Å². The highest BCUT2D eigenvalue weighted by Gasteiger charge is 2.35. The highest BCUT2D eigenvalue weighted by Crippen LogP contribution is 2.44. The maximum Gasteiger partial charge on any atom is -0.0342 e. The molecule has 0 radical (unpaired) electrons. The molecular formula is C20H40. The molecule has 0 nitrogen and oxygen atoms in total. The van der Waals surface area contributed by atoms with Gasteiger partial charge in [-0.1, -0.05) is 61.8 Å². The molecule has 0 saturated heterocycles. The van der Waals surface area contributed by atoms with Gasteiger partial charge in [-0.05, 0) is 66.6 Å². The van der Waals surface area contributed by atoms with Gasteiger partial charge in [0.05, 0.1) is 0 Å². The first kappa shape index (κ1) is 18.1. The molecular weight excluding hydrogens is 240 g/mol. The third kappa shape index (κ3) is 4.50. The quantitative estimate of drug-likeness (QED) is 0.490. The average molecular weight is 281 g/mol. The molecule has 1 aliphatic carbocycles. The third-order valence-corrected chi connectivity index (χ3v) is 6.15. The highest BCUT2D eigenvalue weighted by molar-refractivity contribution is 4.85. The Morgan fingerprint density at radius 1 is 0.750 bits per heavy atom. The molecule has 1 saturated carbocycles. The lowest BCUT2D eigenvalue weighted by Gasteiger charge is -2.36. The van der Waals surface area contributed by atoms with Gasteiger partial charge >= 0.3 is 0 Å². The fourth-order valence-electron chi connectivity index (χ4n) is 5.55. The Morgan fingerprint density at radius 2 is 1.25 bits per heavy atom. The largest absolute Gasteiger partial charge is 0.0625 e. The van der Waals surface area contributed by atoms with Gasteiger partial charge in [-0.15, -0.1) is 0 Å². The van der Waals surface area contributed by atoms with Crippen LogP contribution in [-0.4, -0.2) is 0 Å². The molecule has 0 bridgehead atoms. The molecule has 0 aliphatic heterocycles. The lowest BCUT2D eigenvalue weighted by Crippen LogP contribution is -2.28. The molecule has 1 fully saturated rings. The molecule has 0 aromatic heterocycles. The van der Waals surface area contributed by atoms with Crippen molar-refractivity contribution >= 4 is 0 Å². The van der Waals surface area contributed by atoms with Gasteiger partial charge < -0.3 is 0 Å². The molecule has 20 heavy (non-hydrogen) atoms. The van der Waals surface area contributed by atoms with E-state index in [9.17, 15) is 0 Å². The normalized spacial score (nSPS) is 27.0. The highest BCUT2D eigenvalue weighted by atomic mass is 14.4. The number of rotatable bonds is 7. The molecule has 4 unspecified atom stereocenters. The third-order valence-electron chi connectivity index (χ3n) is 6.15. The van der Waals surface area contributed by atoms with Crippen LogP contribution in [0.4, 0.5) is 0 Å². The van der Waals surface area contributed by atoms with Gasteiger partial charge in [0.15, 0.2) is 0 Å². The molecule has 0 heteroatoms. The average Bonchev–Trinajstić information content (AvgIpc) is 2.75. The second-order valence-electron chi connectivity index (χ2n) is 8.76. The molecule has 120 valence electrons. The monoisotopic (exact) mass is 280 g/mol. The van der Waals surface area contributed by atoms with Crippen molar-refractivity contribution in [3.8, 4) is 0 Å². The lowest BCUT2D eigenvalue weighted by molar-refractivity contribution is 0.136. The van der Waals surface area contributed by atoms with Crippen molar-refractivity contribution in [2.75, 3.05) is 0 Å². The van der Waals surface area contributed by atoms with E-state index in [-0.39, 0.29) is 0 Å². The second kappa shape index (κ2) is 7.85. The molecule has 0 spiro atoms. The molecule has 0 heterocycles. The van der Waals surface area contributed by atoms with Crippen LogP contribution >= 0.6 is 0 Å². The SMILES string of the molecule is CC(C)C1CCCC1C(C)CC(C)C(C(C)C)C(C)C. The first-order chi connectivity index (χ1) is 9.25. The van der Waals surface area contributed by atoms with Crippen LogP contribution < -0.4 is 0 Å². The minimum Gasteiger partial charge on any atom is -0.0625 e. The van der Waals surface area contributed by atoms with Crippen LogP contribution in [0.25, 0.3) is 0 Å². The van der Waals surface area contributed by atoms with E-state index in [2.05, 4.69) is 55.4 Å². The minimum atomic E-state index is 0.821. The Kier molecular flexibility index (Phi) is 7.09. The maximum atomic E-state index is 2.54. The van der Waals surface area contributed by atoms with Crippen molar-refractivity contribution in [1.82, 2.24) is 0 Å². The van der Waals surface area contributed by atoms with E-state index in [1.165, 1.54) is 25.7 Å². The summed E-state index contributed by atoms with van der Waals surface area (Å²) < 4.78 is 0. The van der Waals surface area contributed by atoms with Gasteiger partial charge in [-0.2, -0.15) is 0 Å². The van der Waals surface area contributed by atoms with Crippen LogP contribution in [0, 0.1) is 47.3 Å². The van der Waals surface area contributed by atoms with Crippen molar-refractivity contribution in [3.63, 3.8) is 0 Å². The van der Waals surface area contributed by atoms with E-state index < -0.39 is 0 Å². The van der Waals surface area contributed by atoms with Gasteiger partial charge in [0.2, 0.25) is 0 Å². The van der Waals surface area contributed by atoms with Crippen molar-refractivity contribution in [3.05, 3.63) is 0 Å². The molecule has 1 rings (SSSR count). The van der Waals surface area contributed by atoms with E-state index in [0.717, 1.165) is 47.3 Å². The van der Waals surface area contributed by atoms with Crippen molar-refractivity contribution in [2.45, 2.75) is 81.1 Å². The topological polar surface area (TPSA) is 0 Å². The summed E-state index contributed by atoms with van der Waals surface area (Å²) in [6.07, 6.45) is 5.89. The Labute approximate surface area is 129 Å². The predicted octanol–water partition coefficient (Wildman–Crippen LogP) is 6.65. The summed E-state index contributed by atoms with van der Waals surface area (Å²) in [6, 6.07) is 0. The van der Waals surface area contributed by atoms with Gasteiger partial charge in [0.25, 0.3) is 0 Å². The van der Waals surface area contributed by atoms with Gasteiger partial charge in [-0.3, -0.25) is 0 Å². The van der Waals surface area contributed by atoms with Crippen LogP contribution in [-0.2, 0) is 0 Å². The standard InChI is InChI=1S/C20H40/c1-13(2)18-10-9-11-19(18)16(7)12-17(8)20(14(3)4)15(5)6/h13-20H,9-12H2,1-8H3. The second-order valence-corrected chi connectivity index (χ2v) is 8.76. The predicted molar refractivity (Wildman–Crippen MR) is 91.8 cm³/mol. The summed E-state index contributed by atoms with van der Waals surface area (Å²) >= 11 is 0. The zero-order valence-corrected chi connectivity index (χ0v) is 15.4. The molecule has 4 atom stereocenters. The molecule has 0 amide bonds. The summed E-state index contributed by atoms with van der Waals surface area (Å²) in [5.41, 5.74) is 0. The van der Waals surface area contributed by atoms with E-state index >= 15 is 0 Å². The van der Waals surface area contributed by atoms with Crippen molar-refractivity contribution in [1.29, 1.82) is 0 Å². The Morgan fingerprint density at radius 3 is 1.70 bits per heavy atom. The summed E-state index contributed by atoms with van der Waals surface area (Å²) in [4.78, 5) is 0. The molecule has 1 aliphatic rings. The summed E-state index contributed by atoms with van der Waals surface area (Å²) in [5, 5.41) is 0. The fourth-order valence-corrected chi connectivity index (χ4v) is 5.55. The zero-order valence-electron chi connectivity index (χ0n) is 15.4.